The molecule has 1 heterocycles. The van der Waals surface area contributed by atoms with E-state index in [1.54, 1.807) is 6.07 Å². The van der Waals surface area contributed by atoms with Crippen LogP contribution in [0.2, 0.25) is 0 Å². The Labute approximate surface area is 125 Å². The minimum atomic E-state index is -0.411. The molecule has 0 aromatic carbocycles. The zero-order valence-corrected chi connectivity index (χ0v) is 13.2. The van der Waals surface area contributed by atoms with Crippen molar-refractivity contribution in [1.29, 1.82) is 0 Å². The molecule has 0 radical (unpaired) electrons. The molecule has 0 aliphatic heterocycles. The van der Waals surface area contributed by atoms with Gasteiger partial charge in [0.25, 0.3) is 0 Å². The maximum atomic E-state index is 11.0. The van der Waals surface area contributed by atoms with E-state index in [4.69, 9.17) is 0 Å². The van der Waals surface area contributed by atoms with Gasteiger partial charge in [0.05, 0.1) is 4.92 Å². The predicted octanol–water partition coefficient (Wildman–Crippen LogP) is 2.56. The monoisotopic (exact) mass is 295 g/mol. The lowest BCUT2D eigenvalue weighted by atomic mass is 10.3. The van der Waals surface area contributed by atoms with Crippen LogP contribution in [0.25, 0.3) is 0 Å². The Balaban J connectivity index is 2.63. The topological polar surface area (TPSA) is 83.3 Å². The molecule has 0 fully saturated rings. The third kappa shape index (κ3) is 5.55. The number of pyridine rings is 1. The summed E-state index contributed by atoms with van der Waals surface area (Å²) in [5.74, 6) is 0.968. The van der Waals surface area contributed by atoms with Gasteiger partial charge in [0.1, 0.15) is 5.82 Å². The van der Waals surface area contributed by atoms with Crippen molar-refractivity contribution in [3.05, 3.63) is 22.2 Å². The van der Waals surface area contributed by atoms with E-state index in [1.807, 2.05) is 6.92 Å². The van der Waals surface area contributed by atoms with Crippen LogP contribution in [0.1, 0.15) is 27.2 Å². The lowest BCUT2D eigenvalue weighted by Crippen LogP contribution is -2.28. The van der Waals surface area contributed by atoms with Crippen LogP contribution in [-0.4, -0.2) is 47.5 Å². The lowest BCUT2D eigenvalue weighted by molar-refractivity contribution is -0.384. The molecule has 1 rings (SSSR count). The zero-order chi connectivity index (χ0) is 15.8. The van der Waals surface area contributed by atoms with Crippen LogP contribution in [0.3, 0.4) is 0 Å². The van der Waals surface area contributed by atoms with Crippen LogP contribution in [-0.2, 0) is 0 Å². The first-order chi connectivity index (χ1) is 9.95. The molecule has 2 N–H and O–H groups in total. The first-order valence-corrected chi connectivity index (χ1v) is 7.29. The van der Waals surface area contributed by atoms with Gasteiger partial charge in [-0.1, -0.05) is 0 Å². The Morgan fingerprint density at radius 2 is 2.10 bits per heavy atom. The van der Waals surface area contributed by atoms with E-state index < -0.39 is 4.92 Å². The average molecular weight is 295 g/mol. The normalized spacial score (nSPS) is 11.0. The van der Waals surface area contributed by atoms with Crippen molar-refractivity contribution in [3.8, 4) is 0 Å². The number of hydrogen-bond donors (Lipinski definition) is 2. The molecule has 1 aromatic heterocycles. The molecule has 0 aliphatic carbocycles. The summed E-state index contributed by atoms with van der Waals surface area (Å²) in [7, 11) is 2.07. The minimum Gasteiger partial charge on any atom is -0.370 e. The van der Waals surface area contributed by atoms with Gasteiger partial charge in [0.15, 0.2) is 0 Å². The van der Waals surface area contributed by atoms with Crippen LogP contribution in [0, 0.1) is 10.1 Å². The number of aromatic nitrogens is 1. The Kier molecular flexibility index (Phi) is 6.87. The molecule has 0 spiro atoms. The molecule has 0 bridgehead atoms. The van der Waals surface area contributed by atoms with Gasteiger partial charge in [0, 0.05) is 25.2 Å². The third-order valence-electron chi connectivity index (χ3n) is 3.29. The average Bonchev–Trinajstić information content (AvgIpc) is 2.43. The van der Waals surface area contributed by atoms with Crippen LogP contribution in [0.15, 0.2) is 12.1 Å². The molecular formula is C14H25N5O2. The second-order valence-electron chi connectivity index (χ2n) is 5.21. The SMILES string of the molecule is CCNc1ccc([N+](=O)[O-])c(NCCCN(C)C(C)C)n1. The summed E-state index contributed by atoms with van der Waals surface area (Å²) in [4.78, 5) is 17.1. The van der Waals surface area contributed by atoms with Crippen molar-refractivity contribution in [1.82, 2.24) is 9.88 Å². The van der Waals surface area contributed by atoms with Crippen molar-refractivity contribution < 1.29 is 4.92 Å². The molecule has 0 saturated carbocycles. The van der Waals surface area contributed by atoms with E-state index in [9.17, 15) is 10.1 Å². The molecule has 21 heavy (non-hydrogen) atoms. The molecule has 0 unspecified atom stereocenters. The largest absolute Gasteiger partial charge is 0.370 e. The van der Waals surface area contributed by atoms with Crippen LogP contribution >= 0.6 is 0 Å². The van der Waals surface area contributed by atoms with Gasteiger partial charge in [-0.15, -0.1) is 0 Å². The van der Waals surface area contributed by atoms with Gasteiger partial charge in [-0.2, -0.15) is 0 Å². The van der Waals surface area contributed by atoms with Gasteiger partial charge in [0.2, 0.25) is 5.82 Å². The second-order valence-corrected chi connectivity index (χ2v) is 5.21. The molecule has 0 atom stereocenters. The maximum Gasteiger partial charge on any atom is 0.311 e. The summed E-state index contributed by atoms with van der Waals surface area (Å²) in [6, 6.07) is 3.60. The van der Waals surface area contributed by atoms with E-state index in [2.05, 4.69) is 41.4 Å². The predicted molar refractivity (Wildman–Crippen MR) is 85.9 cm³/mol. The molecule has 0 amide bonds. The standard InChI is InChI=1S/C14H25N5O2/c1-5-15-13-8-7-12(19(20)21)14(17-13)16-9-6-10-18(4)11(2)3/h7-8,11H,5-6,9-10H2,1-4H3,(H2,15,16,17). The Morgan fingerprint density at radius 3 is 2.67 bits per heavy atom. The third-order valence-corrected chi connectivity index (χ3v) is 3.29. The number of nitro groups is 1. The van der Waals surface area contributed by atoms with E-state index in [0.717, 1.165) is 19.5 Å². The Bertz CT molecular complexity index is 465. The van der Waals surface area contributed by atoms with Gasteiger partial charge in [-0.25, -0.2) is 4.98 Å². The lowest BCUT2D eigenvalue weighted by Gasteiger charge is -2.20. The van der Waals surface area contributed by atoms with E-state index in [0.29, 0.717) is 24.2 Å². The summed E-state index contributed by atoms with van der Waals surface area (Å²) in [6.07, 6.45) is 0.902. The first-order valence-electron chi connectivity index (χ1n) is 7.29. The fourth-order valence-electron chi connectivity index (χ4n) is 1.80. The molecule has 0 saturated heterocycles. The van der Waals surface area contributed by atoms with Crippen molar-refractivity contribution in [2.24, 2.45) is 0 Å². The molecule has 0 aliphatic rings. The van der Waals surface area contributed by atoms with Gasteiger partial charge >= 0.3 is 5.69 Å². The van der Waals surface area contributed by atoms with Crippen molar-refractivity contribution in [3.63, 3.8) is 0 Å². The highest BCUT2D eigenvalue weighted by Gasteiger charge is 2.15. The highest BCUT2D eigenvalue weighted by Crippen LogP contribution is 2.23. The Hall–Kier alpha value is -1.89. The van der Waals surface area contributed by atoms with Gasteiger partial charge in [-0.3, -0.25) is 10.1 Å². The number of hydrogen-bond acceptors (Lipinski definition) is 6. The zero-order valence-electron chi connectivity index (χ0n) is 13.2. The van der Waals surface area contributed by atoms with Crippen LogP contribution < -0.4 is 10.6 Å². The summed E-state index contributed by atoms with van der Waals surface area (Å²) in [5, 5.41) is 17.1. The number of nitrogens with zero attached hydrogens (tertiary/aromatic N) is 3. The molecule has 7 nitrogen and oxygen atoms in total. The Morgan fingerprint density at radius 1 is 1.38 bits per heavy atom. The van der Waals surface area contributed by atoms with Crippen molar-refractivity contribution in [2.45, 2.75) is 33.2 Å². The summed E-state index contributed by atoms with van der Waals surface area (Å²) in [6.45, 7) is 8.55. The highest BCUT2D eigenvalue weighted by molar-refractivity contribution is 5.60. The second kappa shape index (κ2) is 8.41. The summed E-state index contributed by atoms with van der Waals surface area (Å²) in [5.41, 5.74) is 0.00821. The maximum absolute atomic E-state index is 11.0. The minimum absolute atomic E-state index is 0.00821. The molecular weight excluding hydrogens is 270 g/mol. The summed E-state index contributed by atoms with van der Waals surface area (Å²) >= 11 is 0. The number of rotatable bonds is 9. The molecule has 7 heteroatoms. The molecule has 1 aromatic rings. The van der Waals surface area contributed by atoms with Crippen molar-refractivity contribution in [2.75, 3.05) is 37.3 Å². The van der Waals surface area contributed by atoms with Crippen molar-refractivity contribution >= 4 is 17.3 Å². The number of nitrogens with one attached hydrogen (secondary N) is 2. The molecule has 118 valence electrons. The summed E-state index contributed by atoms with van der Waals surface area (Å²) < 4.78 is 0. The first kappa shape index (κ1) is 17.2. The fourth-order valence-corrected chi connectivity index (χ4v) is 1.80. The van der Waals surface area contributed by atoms with E-state index in [1.165, 1.54) is 6.07 Å². The van der Waals surface area contributed by atoms with Gasteiger partial charge < -0.3 is 15.5 Å². The smallest absolute Gasteiger partial charge is 0.311 e. The van der Waals surface area contributed by atoms with Crippen LogP contribution in [0.5, 0.6) is 0 Å². The quantitative estimate of drug-likeness (QED) is 0.414. The van der Waals surface area contributed by atoms with Crippen LogP contribution in [0.4, 0.5) is 17.3 Å². The number of anilines is 2. The highest BCUT2D eigenvalue weighted by atomic mass is 16.6. The van der Waals surface area contributed by atoms with E-state index >= 15 is 0 Å². The van der Waals surface area contributed by atoms with Gasteiger partial charge in [-0.05, 0) is 46.9 Å². The van der Waals surface area contributed by atoms with E-state index in [-0.39, 0.29) is 5.69 Å². The fraction of sp³-hybridized carbons (Fsp3) is 0.643.